The lowest BCUT2D eigenvalue weighted by molar-refractivity contribution is -0.160. The van der Waals surface area contributed by atoms with Gasteiger partial charge in [0.2, 0.25) is 0 Å². The van der Waals surface area contributed by atoms with Gasteiger partial charge in [-0.3, -0.25) is 0 Å². The van der Waals surface area contributed by atoms with Crippen molar-refractivity contribution in [3.8, 4) is 28.0 Å². The van der Waals surface area contributed by atoms with E-state index in [4.69, 9.17) is 28.4 Å². The van der Waals surface area contributed by atoms with Crippen LogP contribution < -0.4 is 4.74 Å². The zero-order valence-corrected chi connectivity index (χ0v) is 45.4. The molecule has 0 aliphatic heterocycles. The highest BCUT2D eigenvalue weighted by atomic mass is 19.1. The molecule has 0 saturated heterocycles. The van der Waals surface area contributed by atoms with E-state index in [-0.39, 0.29) is 46.9 Å². The van der Waals surface area contributed by atoms with Gasteiger partial charge >= 0.3 is 29.8 Å². The summed E-state index contributed by atoms with van der Waals surface area (Å²) in [5.41, 5.74) is 4.79. The molecule has 0 bridgehead atoms. The van der Waals surface area contributed by atoms with Crippen molar-refractivity contribution in [1.82, 2.24) is 0 Å². The van der Waals surface area contributed by atoms with Crippen LogP contribution in [0.5, 0.6) is 5.75 Å². The van der Waals surface area contributed by atoms with Crippen LogP contribution in [0.25, 0.3) is 22.3 Å². The molecule has 13 nitrogen and oxygen atoms in total. The average Bonchev–Trinajstić information content (AvgIpc) is 3.42. The molecule has 0 spiro atoms. The van der Waals surface area contributed by atoms with Gasteiger partial charge in [-0.25, -0.2) is 28.4 Å². The quantitative estimate of drug-likeness (QED) is 0.0261. The Morgan fingerprint density at radius 3 is 1.62 bits per heavy atom. The Kier molecular flexibility index (Phi) is 25.1. The molecule has 0 unspecified atom stereocenters. The summed E-state index contributed by atoms with van der Waals surface area (Å²) in [4.78, 5) is 63.3. The molecular weight excluding hydrogens is 972 g/mol. The fourth-order valence-electron chi connectivity index (χ4n) is 8.96. The summed E-state index contributed by atoms with van der Waals surface area (Å²) in [6, 6.07) is 15.3. The number of aliphatic hydroxyl groups excluding tert-OH is 2. The number of carbonyl (C=O) groups excluding carboxylic acids is 5. The number of carbonyl (C=O) groups is 5. The summed E-state index contributed by atoms with van der Waals surface area (Å²) >= 11 is 0. The van der Waals surface area contributed by atoms with Gasteiger partial charge < -0.3 is 38.6 Å². The van der Waals surface area contributed by atoms with Gasteiger partial charge in [0.15, 0.2) is 0 Å². The van der Waals surface area contributed by atoms with Gasteiger partial charge in [-0.15, -0.1) is 0 Å². The van der Waals surface area contributed by atoms with Crippen molar-refractivity contribution >= 4 is 29.8 Å². The first-order valence-corrected chi connectivity index (χ1v) is 26.4. The van der Waals surface area contributed by atoms with Gasteiger partial charge in [0, 0.05) is 22.3 Å². The molecule has 0 amide bonds. The summed E-state index contributed by atoms with van der Waals surface area (Å²) in [5.74, 6) is -2.67. The van der Waals surface area contributed by atoms with Crippen LogP contribution in [-0.4, -0.2) is 92.9 Å². The van der Waals surface area contributed by atoms with E-state index in [0.29, 0.717) is 54.9 Å². The number of aryl methyl sites for hydroxylation is 3. The van der Waals surface area contributed by atoms with Crippen LogP contribution in [-0.2, 0) is 66.9 Å². The maximum atomic E-state index is 16.6. The molecule has 14 heteroatoms. The van der Waals surface area contributed by atoms with Crippen molar-refractivity contribution in [1.29, 1.82) is 0 Å². The van der Waals surface area contributed by atoms with E-state index in [1.807, 2.05) is 31.2 Å². The third kappa shape index (κ3) is 18.6. The van der Waals surface area contributed by atoms with E-state index >= 15 is 4.39 Å². The molecule has 1 fully saturated rings. The SMILES string of the molecule is C=C(C)C(=O)OCCCc1cc(-c2cc(CC)c(-c3ccc(C4CCC(CCCCC)CC4)cc3F)cc2CCCOC(=O)C(=C)C)ccc1OCC(COC(=O)C(=C)C)(COC(=O)C(=C)CO)COC(=O)C(=C)CO. The van der Waals surface area contributed by atoms with Crippen molar-refractivity contribution in [2.45, 2.75) is 124 Å². The number of aliphatic hydroxyl groups is 2. The van der Waals surface area contributed by atoms with Crippen molar-refractivity contribution in [2.75, 3.05) is 52.9 Å². The molecule has 1 saturated carbocycles. The Morgan fingerprint density at radius 1 is 0.579 bits per heavy atom. The highest BCUT2D eigenvalue weighted by Gasteiger charge is 2.38. The molecule has 0 heterocycles. The van der Waals surface area contributed by atoms with Crippen LogP contribution in [0.2, 0.25) is 0 Å². The molecule has 3 aromatic rings. The fourth-order valence-corrected chi connectivity index (χ4v) is 8.96. The predicted molar refractivity (Wildman–Crippen MR) is 292 cm³/mol. The van der Waals surface area contributed by atoms with E-state index in [1.54, 1.807) is 26.0 Å². The van der Waals surface area contributed by atoms with Gasteiger partial charge in [-0.2, -0.15) is 0 Å². The Bertz CT molecular complexity index is 2550. The minimum atomic E-state index is -1.59. The third-order valence-corrected chi connectivity index (χ3v) is 13.6. The average molecular weight is 1050 g/mol. The van der Waals surface area contributed by atoms with E-state index in [9.17, 15) is 34.2 Å². The van der Waals surface area contributed by atoms with Gasteiger partial charge in [-0.05, 0) is 148 Å². The monoisotopic (exact) mass is 1050 g/mol. The zero-order valence-electron chi connectivity index (χ0n) is 45.4. The van der Waals surface area contributed by atoms with Crippen molar-refractivity contribution in [3.63, 3.8) is 0 Å². The maximum Gasteiger partial charge on any atom is 0.335 e. The first-order valence-electron chi connectivity index (χ1n) is 26.4. The van der Waals surface area contributed by atoms with E-state index < -0.39 is 74.9 Å². The Hall–Kier alpha value is -6.64. The van der Waals surface area contributed by atoms with Crippen LogP contribution in [0, 0.1) is 17.2 Å². The molecular formula is C62H79FO13. The van der Waals surface area contributed by atoms with Crippen LogP contribution in [0.4, 0.5) is 4.39 Å². The summed E-state index contributed by atoms with van der Waals surface area (Å²) in [6.07, 6.45) is 11.6. The van der Waals surface area contributed by atoms with Crippen LogP contribution in [0.1, 0.15) is 127 Å². The van der Waals surface area contributed by atoms with Crippen molar-refractivity contribution < 1.29 is 67.0 Å². The Labute approximate surface area is 448 Å². The number of hydrogen-bond acceptors (Lipinski definition) is 13. The molecule has 0 aromatic heterocycles. The molecule has 76 heavy (non-hydrogen) atoms. The molecule has 412 valence electrons. The number of esters is 5. The normalized spacial score (nSPS) is 14.2. The molecule has 1 aliphatic carbocycles. The largest absolute Gasteiger partial charge is 0.492 e. The van der Waals surface area contributed by atoms with Crippen molar-refractivity contribution in [3.05, 3.63) is 137 Å². The van der Waals surface area contributed by atoms with E-state index in [0.717, 1.165) is 65.0 Å². The number of halogens is 1. The first-order chi connectivity index (χ1) is 36.3. The van der Waals surface area contributed by atoms with Gasteiger partial charge in [0.1, 0.15) is 43.4 Å². The number of rotatable bonds is 32. The Balaban J connectivity index is 1.82. The predicted octanol–water partition coefficient (Wildman–Crippen LogP) is 11.3. The molecule has 4 rings (SSSR count). The van der Waals surface area contributed by atoms with Gasteiger partial charge in [0.25, 0.3) is 0 Å². The second-order valence-corrected chi connectivity index (χ2v) is 20.2. The zero-order chi connectivity index (χ0) is 56.0. The van der Waals surface area contributed by atoms with Crippen LogP contribution in [0.3, 0.4) is 0 Å². The van der Waals surface area contributed by atoms with Crippen molar-refractivity contribution in [2.24, 2.45) is 11.3 Å². The van der Waals surface area contributed by atoms with E-state index in [1.165, 1.54) is 32.6 Å². The summed E-state index contributed by atoms with van der Waals surface area (Å²) in [5, 5.41) is 19.2. The lowest BCUT2D eigenvalue weighted by Crippen LogP contribution is -2.44. The smallest absolute Gasteiger partial charge is 0.335 e. The van der Waals surface area contributed by atoms with Crippen LogP contribution in [0.15, 0.2) is 109 Å². The minimum Gasteiger partial charge on any atom is -0.492 e. The second kappa shape index (κ2) is 30.8. The second-order valence-electron chi connectivity index (χ2n) is 20.2. The first kappa shape index (κ1) is 61.9. The Morgan fingerprint density at radius 2 is 1.11 bits per heavy atom. The molecule has 0 radical (unpaired) electrons. The maximum absolute atomic E-state index is 16.6. The van der Waals surface area contributed by atoms with Crippen LogP contribution >= 0.6 is 0 Å². The minimum absolute atomic E-state index is 0.0407. The molecule has 0 atom stereocenters. The molecule has 3 aromatic carbocycles. The number of benzene rings is 3. The fraction of sp³-hybridized carbons (Fsp3) is 0.468. The number of hydrogen-bond donors (Lipinski definition) is 2. The lowest BCUT2D eigenvalue weighted by atomic mass is 9.76. The number of unbranched alkanes of at least 4 members (excludes halogenated alkanes) is 2. The summed E-state index contributed by atoms with van der Waals surface area (Å²) < 4.78 is 50.7. The molecule has 2 N–H and O–H groups in total. The number of ether oxygens (including phenoxy) is 6. The lowest BCUT2D eigenvalue weighted by Gasteiger charge is -2.32. The standard InChI is InChI=1S/C62H79FO13/c1-11-13-14-17-45-20-22-47(23-21-45)48-24-26-52(55(63)33-48)54-32-49(18-15-28-71-57(66)40(3)4)53(31-46(54)12-2)50-25-27-56(51(30-50)19-16-29-72-58(67)41(5)6)73-36-62(37-74-59(68)42(7)8,38-75-60(69)43(9)34-64)39-76-61(70)44(10)35-65/h24-27,30-33,45,47,64-65H,3,5,7,9-23,28-29,34-39H2,1-2,4,6,8H3. The van der Waals surface area contributed by atoms with Gasteiger partial charge in [0.05, 0.1) is 37.6 Å². The third-order valence-electron chi connectivity index (χ3n) is 13.6. The highest BCUT2D eigenvalue weighted by molar-refractivity contribution is 5.89. The summed E-state index contributed by atoms with van der Waals surface area (Å²) in [7, 11) is 0. The molecule has 1 aliphatic rings. The topological polar surface area (TPSA) is 181 Å². The summed E-state index contributed by atoms with van der Waals surface area (Å²) in [6.45, 7) is 23.6. The van der Waals surface area contributed by atoms with Gasteiger partial charge in [-0.1, -0.05) is 103 Å². The van der Waals surface area contributed by atoms with E-state index in [2.05, 4.69) is 52.0 Å². The highest BCUT2D eigenvalue weighted by Crippen LogP contribution is 2.41.